The van der Waals surface area contributed by atoms with Crippen LogP contribution in [0.15, 0.2) is 28.7 Å². The van der Waals surface area contributed by atoms with Crippen LogP contribution < -0.4 is 5.73 Å². The Bertz CT molecular complexity index is 418. The largest absolute Gasteiger partial charge is 0.330 e. The van der Waals surface area contributed by atoms with Gasteiger partial charge in [0.05, 0.1) is 0 Å². The molecule has 0 radical (unpaired) electrons. The van der Waals surface area contributed by atoms with E-state index in [2.05, 4.69) is 58.9 Å². The van der Waals surface area contributed by atoms with Gasteiger partial charge in [-0.1, -0.05) is 54.8 Å². The predicted octanol–water partition coefficient (Wildman–Crippen LogP) is 4.74. The number of rotatable bonds is 6. The van der Waals surface area contributed by atoms with Crippen molar-refractivity contribution in [3.05, 3.63) is 34.3 Å². The molecule has 3 heteroatoms. The molecule has 0 aliphatic heterocycles. The average molecular weight is 353 g/mol. The number of halogens is 1. The maximum Gasteiger partial charge on any atom is 0.0348 e. The van der Waals surface area contributed by atoms with E-state index in [1.165, 1.54) is 31.2 Å². The molecule has 1 aliphatic carbocycles. The van der Waals surface area contributed by atoms with Gasteiger partial charge in [0, 0.05) is 16.6 Å². The molecule has 0 amide bonds. The first-order valence-corrected chi connectivity index (χ1v) is 9.21. The minimum Gasteiger partial charge on any atom is -0.330 e. The second kappa shape index (κ2) is 8.30. The number of nitrogens with zero attached hydrogens (tertiary/aromatic N) is 1. The summed E-state index contributed by atoms with van der Waals surface area (Å²) in [7, 11) is 0. The minimum atomic E-state index is 0.514. The zero-order chi connectivity index (χ0) is 15.2. The minimum absolute atomic E-state index is 0.514. The molecule has 1 aromatic carbocycles. The molecule has 0 aromatic heterocycles. The molecule has 1 aromatic rings. The molecule has 0 heterocycles. The molecule has 118 valence electrons. The van der Waals surface area contributed by atoms with Crippen LogP contribution in [0.2, 0.25) is 0 Å². The maximum atomic E-state index is 6.05. The lowest BCUT2D eigenvalue weighted by Gasteiger charge is -2.43. The fraction of sp³-hybridized carbons (Fsp3) is 0.667. The Hall–Kier alpha value is -0.380. The highest BCUT2D eigenvalue weighted by molar-refractivity contribution is 9.10. The fourth-order valence-electron chi connectivity index (χ4n) is 3.93. The molecule has 1 saturated carbocycles. The second-order valence-corrected chi connectivity index (χ2v) is 7.07. The van der Waals surface area contributed by atoms with Gasteiger partial charge in [-0.25, -0.2) is 0 Å². The molecular formula is C18H29BrN2. The van der Waals surface area contributed by atoms with E-state index in [1.807, 2.05) is 0 Å². The van der Waals surface area contributed by atoms with Gasteiger partial charge in [-0.2, -0.15) is 0 Å². The SMILES string of the molecule is CCC(c1ccc(Br)cc1)N(CC)C1CCCCC1CN. The first-order valence-electron chi connectivity index (χ1n) is 8.42. The van der Waals surface area contributed by atoms with Gasteiger partial charge in [-0.3, -0.25) is 4.90 Å². The monoisotopic (exact) mass is 352 g/mol. The molecule has 2 rings (SSSR count). The summed E-state index contributed by atoms with van der Waals surface area (Å²) in [6.07, 6.45) is 6.47. The Labute approximate surface area is 138 Å². The number of hydrogen-bond donors (Lipinski definition) is 1. The van der Waals surface area contributed by atoms with Crippen LogP contribution in [0.4, 0.5) is 0 Å². The van der Waals surface area contributed by atoms with E-state index in [0.29, 0.717) is 18.0 Å². The third-order valence-electron chi connectivity index (χ3n) is 5.00. The van der Waals surface area contributed by atoms with Crippen molar-refractivity contribution in [2.45, 2.75) is 58.0 Å². The molecule has 1 aliphatic rings. The van der Waals surface area contributed by atoms with Crippen molar-refractivity contribution in [3.8, 4) is 0 Å². The van der Waals surface area contributed by atoms with Gasteiger partial charge < -0.3 is 5.73 Å². The van der Waals surface area contributed by atoms with Crippen molar-refractivity contribution in [3.63, 3.8) is 0 Å². The van der Waals surface area contributed by atoms with Gasteiger partial charge in [0.2, 0.25) is 0 Å². The summed E-state index contributed by atoms with van der Waals surface area (Å²) in [5.74, 6) is 0.670. The lowest BCUT2D eigenvalue weighted by Crippen LogP contribution is -2.46. The molecule has 0 spiro atoms. The van der Waals surface area contributed by atoms with E-state index < -0.39 is 0 Å². The molecule has 0 bridgehead atoms. The Morgan fingerprint density at radius 3 is 2.43 bits per heavy atom. The van der Waals surface area contributed by atoms with E-state index in [9.17, 15) is 0 Å². The maximum absolute atomic E-state index is 6.05. The summed E-state index contributed by atoms with van der Waals surface area (Å²) in [6, 6.07) is 10.0. The van der Waals surface area contributed by atoms with Gasteiger partial charge in [-0.05, 0) is 56.0 Å². The summed E-state index contributed by atoms with van der Waals surface area (Å²) in [6.45, 7) is 6.53. The zero-order valence-corrected chi connectivity index (χ0v) is 15.0. The Kier molecular flexibility index (Phi) is 6.72. The zero-order valence-electron chi connectivity index (χ0n) is 13.4. The van der Waals surface area contributed by atoms with E-state index in [-0.39, 0.29) is 0 Å². The van der Waals surface area contributed by atoms with Crippen molar-refractivity contribution in [2.24, 2.45) is 11.7 Å². The van der Waals surface area contributed by atoms with E-state index in [0.717, 1.165) is 24.0 Å². The normalized spacial score (nSPS) is 24.2. The van der Waals surface area contributed by atoms with Gasteiger partial charge in [0.25, 0.3) is 0 Å². The van der Waals surface area contributed by atoms with Crippen molar-refractivity contribution < 1.29 is 0 Å². The van der Waals surface area contributed by atoms with Gasteiger partial charge in [0.1, 0.15) is 0 Å². The first-order chi connectivity index (χ1) is 10.2. The standard InChI is InChI=1S/C18H29BrN2/c1-3-17(14-9-11-16(19)12-10-14)21(4-2)18-8-6-5-7-15(18)13-20/h9-12,15,17-18H,3-8,13,20H2,1-2H3. The third kappa shape index (κ3) is 4.08. The molecule has 1 fully saturated rings. The van der Waals surface area contributed by atoms with Crippen molar-refractivity contribution in [1.82, 2.24) is 4.90 Å². The smallest absolute Gasteiger partial charge is 0.0348 e. The quantitative estimate of drug-likeness (QED) is 0.800. The summed E-state index contributed by atoms with van der Waals surface area (Å²) in [4.78, 5) is 2.71. The van der Waals surface area contributed by atoms with Crippen molar-refractivity contribution in [1.29, 1.82) is 0 Å². The lowest BCUT2D eigenvalue weighted by molar-refractivity contribution is 0.0678. The molecule has 2 N–H and O–H groups in total. The van der Waals surface area contributed by atoms with Crippen molar-refractivity contribution in [2.75, 3.05) is 13.1 Å². The van der Waals surface area contributed by atoms with Crippen LogP contribution in [-0.2, 0) is 0 Å². The molecule has 21 heavy (non-hydrogen) atoms. The average Bonchev–Trinajstić information content (AvgIpc) is 2.53. The van der Waals surface area contributed by atoms with Crippen LogP contribution in [0.1, 0.15) is 57.6 Å². The summed E-state index contributed by atoms with van der Waals surface area (Å²) in [5.41, 5.74) is 7.49. The number of nitrogens with two attached hydrogens (primary N) is 1. The fourth-order valence-corrected chi connectivity index (χ4v) is 4.20. The van der Waals surface area contributed by atoms with E-state index in [1.54, 1.807) is 0 Å². The molecule has 0 saturated heterocycles. The summed E-state index contributed by atoms with van der Waals surface area (Å²) in [5, 5.41) is 0. The Morgan fingerprint density at radius 1 is 1.19 bits per heavy atom. The first kappa shape index (κ1) is 17.0. The van der Waals surface area contributed by atoms with Crippen molar-refractivity contribution >= 4 is 15.9 Å². The van der Waals surface area contributed by atoms with Crippen LogP contribution >= 0.6 is 15.9 Å². The van der Waals surface area contributed by atoms with Crippen LogP contribution in [0.5, 0.6) is 0 Å². The highest BCUT2D eigenvalue weighted by atomic mass is 79.9. The van der Waals surface area contributed by atoms with Crippen LogP contribution in [0.3, 0.4) is 0 Å². The van der Waals surface area contributed by atoms with E-state index >= 15 is 0 Å². The lowest BCUT2D eigenvalue weighted by atomic mass is 9.82. The molecule has 2 nitrogen and oxygen atoms in total. The number of hydrogen-bond acceptors (Lipinski definition) is 2. The van der Waals surface area contributed by atoms with Crippen LogP contribution in [-0.4, -0.2) is 24.0 Å². The summed E-state index contributed by atoms with van der Waals surface area (Å²) >= 11 is 3.54. The highest BCUT2D eigenvalue weighted by Gasteiger charge is 2.32. The van der Waals surface area contributed by atoms with Gasteiger partial charge >= 0.3 is 0 Å². The predicted molar refractivity (Wildman–Crippen MR) is 94.4 cm³/mol. The molecule has 3 atom stereocenters. The van der Waals surface area contributed by atoms with Gasteiger partial charge in [0.15, 0.2) is 0 Å². The highest BCUT2D eigenvalue weighted by Crippen LogP contribution is 2.35. The summed E-state index contributed by atoms with van der Waals surface area (Å²) < 4.78 is 1.15. The third-order valence-corrected chi connectivity index (χ3v) is 5.53. The van der Waals surface area contributed by atoms with Crippen LogP contribution in [0.25, 0.3) is 0 Å². The molecular weight excluding hydrogens is 324 g/mol. The Morgan fingerprint density at radius 2 is 1.86 bits per heavy atom. The molecule has 3 unspecified atom stereocenters. The van der Waals surface area contributed by atoms with E-state index in [4.69, 9.17) is 5.73 Å². The second-order valence-electron chi connectivity index (χ2n) is 6.15. The number of benzene rings is 1. The van der Waals surface area contributed by atoms with Gasteiger partial charge in [-0.15, -0.1) is 0 Å². The van der Waals surface area contributed by atoms with Crippen LogP contribution in [0, 0.1) is 5.92 Å². The topological polar surface area (TPSA) is 29.3 Å². The Balaban J connectivity index is 2.21.